The summed E-state index contributed by atoms with van der Waals surface area (Å²) in [6, 6.07) is 5.69. The quantitative estimate of drug-likeness (QED) is 0.905. The zero-order valence-corrected chi connectivity index (χ0v) is 13.1. The first-order valence-electron chi connectivity index (χ1n) is 6.10. The molecule has 1 N–H and O–H groups in total. The summed E-state index contributed by atoms with van der Waals surface area (Å²) in [4.78, 5) is 0. The van der Waals surface area contributed by atoms with Gasteiger partial charge in [-0.25, -0.2) is 0 Å². The lowest BCUT2D eigenvalue weighted by Crippen LogP contribution is -2.22. The number of hydrogen-bond donors (Lipinski definition) is 1. The second-order valence-corrected chi connectivity index (χ2v) is 5.48. The monoisotopic (exact) mass is 343 g/mol. The van der Waals surface area contributed by atoms with E-state index >= 15 is 0 Å². The summed E-state index contributed by atoms with van der Waals surface area (Å²) in [5, 5.41) is 15.9. The number of aromatic nitrogens is 4. The molecular formula is C12H15BrClN5. The SMILES string of the molecule is CCCNC(C)c1nnnn1-c1ccc(Cl)c(Br)c1. The average Bonchev–Trinajstić information content (AvgIpc) is 2.88. The summed E-state index contributed by atoms with van der Waals surface area (Å²) in [7, 11) is 0. The Balaban J connectivity index is 2.30. The molecule has 5 nitrogen and oxygen atoms in total. The highest BCUT2D eigenvalue weighted by molar-refractivity contribution is 9.10. The van der Waals surface area contributed by atoms with Crippen LogP contribution in [0.5, 0.6) is 0 Å². The van der Waals surface area contributed by atoms with Crippen molar-refractivity contribution >= 4 is 27.5 Å². The van der Waals surface area contributed by atoms with Crippen molar-refractivity contribution in [2.45, 2.75) is 26.3 Å². The Hall–Kier alpha value is -0.980. The lowest BCUT2D eigenvalue weighted by molar-refractivity contribution is 0.531. The van der Waals surface area contributed by atoms with Crippen LogP contribution in [0.1, 0.15) is 32.1 Å². The first-order valence-corrected chi connectivity index (χ1v) is 7.27. The Bertz CT molecular complexity index is 557. The standard InChI is InChI=1S/C12H15BrClN5/c1-3-6-15-8(2)12-16-17-18-19(12)9-4-5-11(14)10(13)7-9/h4-5,7-8,15H,3,6H2,1-2H3. The minimum atomic E-state index is 0.0874. The predicted octanol–water partition coefficient (Wildman–Crippen LogP) is 3.14. The van der Waals surface area contributed by atoms with Gasteiger partial charge in [0.2, 0.25) is 0 Å². The Morgan fingerprint density at radius 1 is 1.47 bits per heavy atom. The van der Waals surface area contributed by atoms with Crippen LogP contribution >= 0.6 is 27.5 Å². The Labute approximate surface area is 125 Å². The molecule has 0 aliphatic rings. The van der Waals surface area contributed by atoms with Gasteiger partial charge < -0.3 is 5.32 Å². The van der Waals surface area contributed by atoms with Crippen LogP contribution in [-0.4, -0.2) is 26.8 Å². The molecule has 0 amide bonds. The second-order valence-electron chi connectivity index (χ2n) is 4.22. The summed E-state index contributed by atoms with van der Waals surface area (Å²) >= 11 is 9.40. The fraction of sp³-hybridized carbons (Fsp3) is 0.417. The molecule has 0 spiro atoms. The van der Waals surface area contributed by atoms with E-state index in [0.29, 0.717) is 5.02 Å². The number of rotatable bonds is 5. The van der Waals surface area contributed by atoms with Crippen molar-refractivity contribution in [3.05, 3.63) is 33.5 Å². The van der Waals surface area contributed by atoms with E-state index in [9.17, 15) is 0 Å². The van der Waals surface area contributed by atoms with Crippen molar-refractivity contribution in [1.82, 2.24) is 25.5 Å². The molecular weight excluding hydrogens is 330 g/mol. The van der Waals surface area contributed by atoms with E-state index in [-0.39, 0.29) is 6.04 Å². The maximum Gasteiger partial charge on any atom is 0.173 e. The van der Waals surface area contributed by atoms with Gasteiger partial charge in [-0.1, -0.05) is 18.5 Å². The largest absolute Gasteiger partial charge is 0.307 e. The lowest BCUT2D eigenvalue weighted by Gasteiger charge is -2.13. The van der Waals surface area contributed by atoms with Gasteiger partial charge >= 0.3 is 0 Å². The molecule has 1 atom stereocenters. The second kappa shape index (κ2) is 6.45. The molecule has 102 valence electrons. The molecule has 1 aromatic carbocycles. The van der Waals surface area contributed by atoms with E-state index in [0.717, 1.165) is 29.0 Å². The molecule has 0 fully saturated rings. The molecule has 1 heterocycles. The number of benzene rings is 1. The van der Waals surface area contributed by atoms with Gasteiger partial charge in [-0.05, 0) is 64.4 Å². The van der Waals surface area contributed by atoms with Crippen molar-refractivity contribution in [1.29, 1.82) is 0 Å². The normalized spacial score (nSPS) is 12.6. The molecule has 0 aliphatic carbocycles. The van der Waals surface area contributed by atoms with E-state index in [1.54, 1.807) is 4.68 Å². The molecule has 7 heteroatoms. The zero-order chi connectivity index (χ0) is 13.8. The van der Waals surface area contributed by atoms with E-state index in [1.165, 1.54) is 0 Å². The third-order valence-corrected chi connectivity index (χ3v) is 3.94. The van der Waals surface area contributed by atoms with E-state index in [4.69, 9.17) is 11.6 Å². The lowest BCUT2D eigenvalue weighted by atomic mass is 10.2. The van der Waals surface area contributed by atoms with Gasteiger partial charge in [0.05, 0.1) is 16.8 Å². The Kier molecular flexibility index (Phi) is 4.90. The molecule has 19 heavy (non-hydrogen) atoms. The van der Waals surface area contributed by atoms with Gasteiger partial charge in [0.1, 0.15) is 0 Å². The van der Waals surface area contributed by atoms with Crippen molar-refractivity contribution in [2.75, 3.05) is 6.54 Å². The molecule has 1 unspecified atom stereocenters. The molecule has 0 radical (unpaired) electrons. The maximum atomic E-state index is 5.99. The van der Waals surface area contributed by atoms with E-state index in [1.807, 2.05) is 25.1 Å². The van der Waals surface area contributed by atoms with Crippen LogP contribution in [0.2, 0.25) is 5.02 Å². The van der Waals surface area contributed by atoms with Crippen molar-refractivity contribution in [3.63, 3.8) is 0 Å². The van der Waals surface area contributed by atoms with Crippen molar-refractivity contribution in [2.24, 2.45) is 0 Å². The number of tetrazole rings is 1. The molecule has 0 aliphatic heterocycles. The maximum absolute atomic E-state index is 5.99. The summed E-state index contributed by atoms with van der Waals surface area (Å²) in [6.45, 7) is 5.10. The van der Waals surface area contributed by atoms with Crippen LogP contribution in [0.15, 0.2) is 22.7 Å². The highest BCUT2D eigenvalue weighted by Gasteiger charge is 2.15. The van der Waals surface area contributed by atoms with Crippen LogP contribution in [0.3, 0.4) is 0 Å². The molecule has 0 bridgehead atoms. The number of hydrogen-bond acceptors (Lipinski definition) is 4. The van der Waals surface area contributed by atoms with Gasteiger partial charge in [-0.15, -0.1) is 5.10 Å². The van der Waals surface area contributed by atoms with Crippen molar-refractivity contribution in [3.8, 4) is 5.69 Å². The fourth-order valence-corrected chi connectivity index (χ4v) is 2.20. The highest BCUT2D eigenvalue weighted by Crippen LogP contribution is 2.25. The summed E-state index contributed by atoms with van der Waals surface area (Å²) in [6.07, 6.45) is 1.07. The first kappa shape index (κ1) is 14.4. The van der Waals surface area contributed by atoms with Crippen molar-refractivity contribution < 1.29 is 0 Å². The van der Waals surface area contributed by atoms with Crippen LogP contribution in [0, 0.1) is 0 Å². The van der Waals surface area contributed by atoms with E-state index in [2.05, 4.69) is 43.7 Å². The van der Waals surface area contributed by atoms with Gasteiger partial charge in [-0.2, -0.15) is 4.68 Å². The fourth-order valence-electron chi connectivity index (χ4n) is 1.72. The minimum absolute atomic E-state index is 0.0874. The smallest absolute Gasteiger partial charge is 0.173 e. The van der Waals surface area contributed by atoms with Crippen LogP contribution in [0.4, 0.5) is 0 Å². The molecule has 0 saturated carbocycles. The number of halogens is 2. The molecule has 2 rings (SSSR count). The van der Waals surface area contributed by atoms with E-state index < -0.39 is 0 Å². The third kappa shape index (κ3) is 3.32. The topological polar surface area (TPSA) is 55.6 Å². The van der Waals surface area contributed by atoms with Crippen LogP contribution < -0.4 is 5.32 Å². The molecule has 2 aromatic rings. The molecule has 1 aromatic heterocycles. The average molecular weight is 345 g/mol. The van der Waals surface area contributed by atoms with Gasteiger partial charge in [0.25, 0.3) is 0 Å². The van der Waals surface area contributed by atoms with Crippen LogP contribution in [-0.2, 0) is 0 Å². The minimum Gasteiger partial charge on any atom is -0.307 e. The Morgan fingerprint density at radius 2 is 2.26 bits per heavy atom. The van der Waals surface area contributed by atoms with Gasteiger partial charge in [0.15, 0.2) is 5.82 Å². The van der Waals surface area contributed by atoms with Gasteiger partial charge in [-0.3, -0.25) is 0 Å². The zero-order valence-electron chi connectivity index (χ0n) is 10.8. The predicted molar refractivity (Wildman–Crippen MR) is 78.6 cm³/mol. The molecule has 0 saturated heterocycles. The van der Waals surface area contributed by atoms with Crippen LogP contribution in [0.25, 0.3) is 5.69 Å². The number of nitrogens with one attached hydrogen (secondary N) is 1. The number of nitrogens with zero attached hydrogens (tertiary/aromatic N) is 4. The van der Waals surface area contributed by atoms with Gasteiger partial charge in [0, 0.05) is 4.47 Å². The summed E-state index contributed by atoms with van der Waals surface area (Å²) in [5.74, 6) is 0.780. The summed E-state index contributed by atoms with van der Waals surface area (Å²) < 4.78 is 2.54. The third-order valence-electron chi connectivity index (χ3n) is 2.73. The summed E-state index contributed by atoms with van der Waals surface area (Å²) in [5.41, 5.74) is 0.876. The Morgan fingerprint density at radius 3 is 2.95 bits per heavy atom. The first-order chi connectivity index (χ1) is 9.13. The highest BCUT2D eigenvalue weighted by atomic mass is 79.9.